The first-order valence-corrected chi connectivity index (χ1v) is 7.57. The molecule has 1 aliphatic rings. The summed E-state index contributed by atoms with van der Waals surface area (Å²) in [5, 5.41) is 7.15. The zero-order chi connectivity index (χ0) is 12.5. The van der Waals surface area contributed by atoms with Crippen LogP contribution in [-0.4, -0.2) is 25.7 Å². The van der Waals surface area contributed by atoms with E-state index in [0.29, 0.717) is 12.0 Å². The maximum absolute atomic E-state index is 3.61. The quantitative estimate of drug-likeness (QED) is 0.891. The first-order chi connectivity index (χ1) is 8.74. The predicted molar refractivity (Wildman–Crippen MR) is 80.7 cm³/mol. The lowest BCUT2D eigenvalue weighted by Gasteiger charge is -2.37. The van der Waals surface area contributed by atoms with Gasteiger partial charge >= 0.3 is 0 Å². The molecule has 0 amide bonds. The molecule has 1 saturated heterocycles. The van der Waals surface area contributed by atoms with Crippen LogP contribution < -0.4 is 10.2 Å². The number of hydrogen-bond acceptors (Lipinski definition) is 3. The summed E-state index contributed by atoms with van der Waals surface area (Å²) >= 11 is 1.82. The third-order valence-electron chi connectivity index (χ3n) is 3.81. The number of benzene rings is 1. The molecule has 0 radical (unpaired) electrons. The standard InChI is InChI=1S/C15H20N2S/c1-11(2)14-10-17(7-6-16-14)13-3-4-15-12(9-13)5-8-18-15/h3-5,8-9,11,14,16H,6-7,10H2,1-2H3. The van der Waals surface area contributed by atoms with Crippen molar-refractivity contribution in [1.82, 2.24) is 5.32 Å². The van der Waals surface area contributed by atoms with Crippen LogP contribution in [0.4, 0.5) is 5.69 Å². The lowest BCUT2D eigenvalue weighted by atomic mass is 10.0. The van der Waals surface area contributed by atoms with Gasteiger partial charge in [0.25, 0.3) is 0 Å². The maximum Gasteiger partial charge on any atom is 0.0374 e. The zero-order valence-corrected chi connectivity index (χ0v) is 11.8. The molecule has 2 heterocycles. The van der Waals surface area contributed by atoms with Crippen LogP contribution in [-0.2, 0) is 0 Å². The molecule has 0 aliphatic carbocycles. The van der Waals surface area contributed by atoms with E-state index in [1.165, 1.54) is 15.8 Å². The second kappa shape index (κ2) is 4.90. The van der Waals surface area contributed by atoms with Crippen molar-refractivity contribution in [3.05, 3.63) is 29.6 Å². The average molecular weight is 260 g/mol. The minimum absolute atomic E-state index is 0.608. The summed E-state index contributed by atoms with van der Waals surface area (Å²) in [6, 6.07) is 9.67. The molecule has 2 aromatic rings. The monoisotopic (exact) mass is 260 g/mol. The van der Waals surface area contributed by atoms with Gasteiger partial charge in [0.05, 0.1) is 0 Å². The largest absolute Gasteiger partial charge is 0.369 e. The van der Waals surface area contributed by atoms with Gasteiger partial charge in [-0.3, -0.25) is 0 Å². The molecular formula is C15H20N2S. The summed E-state index contributed by atoms with van der Waals surface area (Å²) in [7, 11) is 0. The van der Waals surface area contributed by atoms with E-state index < -0.39 is 0 Å². The van der Waals surface area contributed by atoms with Gasteiger partial charge in [-0.1, -0.05) is 13.8 Å². The van der Waals surface area contributed by atoms with E-state index in [1.54, 1.807) is 0 Å². The number of nitrogens with zero attached hydrogens (tertiary/aromatic N) is 1. The normalized spacial score (nSPS) is 20.8. The van der Waals surface area contributed by atoms with Gasteiger partial charge in [-0.05, 0) is 40.9 Å². The molecule has 2 nitrogen and oxygen atoms in total. The minimum Gasteiger partial charge on any atom is -0.369 e. The Kier molecular flexibility index (Phi) is 3.27. The summed E-state index contributed by atoms with van der Waals surface area (Å²) in [6.07, 6.45) is 0. The van der Waals surface area contributed by atoms with Gasteiger partial charge < -0.3 is 10.2 Å². The van der Waals surface area contributed by atoms with Crippen LogP contribution in [0.15, 0.2) is 29.6 Å². The zero-order valence-electron chi connectivity index (χ0n) is 11.0. The summed E-state index contributed by atoms with van der Waals surface area (Å²) in [5.41, 5.74) is 1.37. The lowest BCUT2D eigenvalue weighted by molar-refractivity contribution is 0.368. The molecule has 1 N–H and O–H groups in total. The Balaban J connectivity index is 1.84. The number of piperazine rings is 1. The van der Waals surface area contributed by atoms with Crippen molar-refractivity contribution in [2.75, 3.05) is 24.5 Å². The first-order valence-electron chi connectivity index (χ1n) is 6.69. The molecule has 0 bridgehead atoms. The Hall–Kier alpha value is -1.06. The number of rotatable bonds is 2. The van der Waals surface area contributed by atoms with Crippen molar-refractivity contribution < 1.29 is 0 Å². The van der Waals surface area contributed by atoms with E-state index in [1.807, 2.05) is 11.3 Å². The SMILES string of the molecule is CC(C)C1CN(c2ccc3sccc3c2)CCN1. The van der Waals surface area contributed by atoms with Gasteiger partial charge in [0.2, 0.25) is 0 Å². The van der Waals surface area contributed by atoms with E-state index in [-0.39, 0.29) is 0 Å². The van der Waals surface area contributed by atoms with Crippen molar-refractivity contribution in [1.29, 1.82) is 0 Å². The molecule has 1 fully saturated rings. The second-order valence-corrected chi connectivity index (χ2v) is 6.34. The van der Waals surface area contributed by atoms with E-state index in [2.05, 4.69) is 53.7 Å². The maximum atomic E-state index is 3.61. The van der Waals surface area contributed by atoms with Crippen molar-refractivity contribution in [3.63, 3.8) is 0 Å². The van der Waals surface area contributed by atoms with Gasteiger partial charge in [0, 0.05) is 36.1 Å². The van der Waals surface area contributed by atoms with Gasteiger partial charge in [-0.2, -0.15) is 0 Å². The predicted octanol–water partition coefficient (Wildman–Crippen LogP) is 3.34. The number of thiophene rings is 1. The van der Waals surface area contributed by atoms with Crippen LogP contribution in [0.25, 0.3) is 10.1 Å². The van der Waals surface area contributed by atoms with Crippen LogP contribution in [0.2, 0.25) is 0 Å². The van der Waals surface area contributed by atoms with Gasteiger partial charge in [0.15, 0.2) is 0 Å². The van der Waals surface area contributed by atoms with Gasteiger partial charge in [-0.25, -0.2) is 0 Å². The topological polar surface area (TPSA) is 15.3 Å². The summed E-state index contributed by atoms with van der Waals surface area (Å²) < 4.78 is 1.38. The third-order valence-corrected chi connectivity index (χ3v) is 4.71. The van der Waals surface area contributed by atoms with E-state index in [0.717, 1.165) is 19.6 Å². The Morgan fingerprint density at radius 2 is 2.22 bits per heavy atom. The van der Waals surface area contributed by atoms with Gasteiger partial charge in [-0.15, -0.1) is 11.3 Å². The van der Waals surface area contributed by atoms with Crippen LogP contribution in [0.3, 0.4) is 0 Å². The van der Waals surface area contributed by atoms with Crippen LogP contribution in [0.1, 0.15) is 13.8 Å². The number of fused-ring (bicyclic) bond motifs is 1. The highest BCUT2D eigenvalue weighted by molar-refractivity contribution is 7.17. The Morgan fingerprint density at radius 1 is 1.33 bits per heavy atom. The summed E-state index contributed by atoms with van der Waals surface area (Å²) in [6.45, 7) is 7.91. The average Bonchev–Trinajstić information content (AvgIpc) is 2.86. The molecule has 0 saturated carbocycles. The molecule has 1 aliphatic heterocycles. The number of hydrogen-bond donors (Lipinski definition) is 1. The highest BCUT2D eigenvalue weighted by Gasteiger charge is 2.21. The van der Waals surface area contributed by atoms with Crippen molar-refractivity contribution in [2.24, 2.45) is 5.92 Å². The number of anilines is 1. The van der Waals surface area contributed by atoms with E-state index >= 15 is 0 Å². The van der Waals surface area contributed by atoms with Crippen molar-refractivity contribution in [3.8, 4) is 0 Å². The Labute approximate surface area is 113 Å². The Bertz CT molecular complexity index is 532. The molecule has 1 unspecified atom stereocenters. The smallest absolute Gasteiger partial charge is 0.0374 e. The summed E-state index contributed by atoms with van der Waals surface area (Å²) in [5.74, 6) is 0.692. The lowest BCUT2D eigenvalue weighted by Crippen LogP contribution is -2.52. The van der Waals surface area contributed by atoms with Gasteiger partial charge in [0.1, 0.15) is 0 Å². The third kappa shape index (κ3) is 2.25. The molecule has 1 aromatic heterocycles. The van der Waals surface area contributed by atoms with E-state index in [4.69, 9.17) is 0 Å². The fourth-order valence-electron chi connectivity index (χ4n) is 2.61. The van der Waals surface area contributed by atoms with Crippen LogP contribution in [0, 0.1) is 5.92 Å². The van der Waals surface area contributed by atoms with Crippen molar-refractivity contribution in [2.45, 2.75) is 19.9 Å². The molecule has 96 valence electrons. The molecule has 1 aromatic carbocycles. The minimum atomic E-state index is 0.608. The molecule has 3 rings (SSSR count). The van der Waals surface area contributed by atoms with Crippen LogP contribution in [0.5, 0.6) is 0 Å². The van der Waals surface area contributed by atoms with E-state index in [9.17, 15) is 0 Å². The fourth-order valence-corrected chi connectivity index (χ4v) is 3.38. The molecular weight excluding hydrogens is 240 g/mol. The highest BCUT2D eigenvalue weighted by Crippen LogP contribution is 2.27. The summed E-state index contributed by atoms with van der Waals surface area (Å²) in [4.78, 5) is 2.51. The molecule has 3 heteroatoms. The Morgan fingerprint density at radius 3 is 3.06 bits per heavy atom. The molecule has 1 atom stereocenters. The second-order valence-electron chi connectivity index (χ2n) is 5.39. The first kappa shape index (κ1) is 12.0. The number of nitrogens with one attached hydrogen (secondary N) is 1. The molecule has 18 heavy (non-hydrogen) atoms. The highest BCUT2D eigenvalue weighted by atomic mass is 32.1. The molecule has 0 spiro atoms. The fraction of sp³-hybridized carbons (Fsp3) is 0.467. The van der Waals surface area contributed by atoms with Crippen molar-refractivity contribution >= 4 is 27.1 Å². The van der Waals surface area contributed by atoms with Crippen LogP contribution >= 0.6 is 11.3 Å².